The van der Waals surface area contributed by atoms with Crippen molar-refractivity contribution in [3.8, 4) is 11.5 Å². The third kappa shape index (κ3) is 2.84. The van der Waals surface area contributed by atoms with Gasteiger partial charge in [0, 0.05) is 16.2 Å². The zero-order valence-electron chi connectivity index (χ0n) is 9.03. The molecule has 0 spiro atoms. The Morgan fingerprint density at radius 2 is 1.86 bits per heavy atom. The highest BCUT2D eigenvalue weighted by atomic mass is 32.2. The maximum Gasteiger partial charge on any atom is 0.136 e. The van der Waals surface area contributed by atoms with Crippen LogP contribution in [0.15, 0.2) is 23.1 Å². The molecule has 0 saturated heterocycles. The zero-order valence-corrected chi connectivity index (χ0v) is 9.85. The third-order valence-electron chi connectivity index (χ3n) is 1.73. The number of rotatable bonds is 4. The number of thioether (sulfide) groups is 1. The Morgan fingerprint density at radius 3 is 2.36 bits per heavy atom. The van der Waals surface area contributed by atoms with E-state index in [2.05, 4.69) is 13.8 Å². The van der Waals surface area contributed by atoms with Crippen molar-refractivity contribution in [1.82, 2.24) is 0 Å². The standard InChI is InChI=1S/C11H16O2S/c1-8(2)14-11-6-5-9(12-3)7-10(11)13-4/h5-8H,1-4H3. The number of hydrogen-bond acceptors (Lipinski definition) is 3. The Labute approximate surface area is 89.6 Å². The molecule has 0 N–H and O–H groups in total. The molecule has 0 aliphatic rings. The van der Waals surface area contributed by atoms with Crippen molar-refractivity contribution in [3.05, 3.63) is 18.2 Å². The van der Waals surface area contributed by atoms with Crippen LogP contribution < -0.4 is 9.47 Å². The van der Waals surface area contributed by atoms with E-state index in [1.165, 1.54) is 0 Å². The Hall–Kier alpha value is -0.830. The minimum absolute atomic E-state index is 0.553. The molecular formula is C11H16O2S. The summed E-state index contributed by atoms with van der Waals surface area (Å²) in [7, 11) is 3.34. The van der Waals surface area contributed by atoms with Crippen molar-refractivity contribution in [2.75, 3.05) is 14.2 Å². The van der Waals surface area contributed by atoms with Gasteiger partial charge in [0.05, 0.1) is 14.2 Å². The van der Waals surface area contributed by atoms with Gasteiger partial charge in [-0.05, 0) is 12.1 Å². The lowest BCUT2D eigenvalue weighted by atomic mass is 10.3. The van der Waals surface area contributed by atoms with E-state index in [1.54, 1.807) is 26.0 Å². The van der Waals surface area contributed by atoms with E-state index < -0.39 is 0 Å². The Bertz CT molecular complexity index is 297. The lowest BCUT2D eigenvalue weighted by molar-refractivity contribution is 0.387. The topological polar surface area (TPSA) is 18.5 Å². The molecule has 0 unspecified atom stereocenters. The van der Waals surface area contributed by atoms with Crippen molar-refractivity contribution >= 4 is 11.8 Å². The lowest BCUT2D eigenvalue weighted by Gasteiger charge is -2.11. The van der Waals surface area contributed by atoms with Crippen LogP contribution >= 0.6 is 11.8 Å². The first-order chi connectivity index (χ1) is 6.67. The number of methoxy groups -OCH3 is 2. The van der Waals surface area contributed by atoms with Gasteiger partial charge in [-0.1, -0.05) is 13.8 Å². The van der Waals surface area contributed by atoms with Crippen LogP contribution in [-0.4, -0.2) is 19.5 Å². The molecule has 1 aromatic carbocycles. The molecule has 14 heavy (non-hydrogen) atoms. The van der Waals surface area contributed by atoms with Crippen molar-refractivity contribution < 1.29 is 9.47 Å². The predicted octanol–water partition coefficient (Wildman–Crippen LogP) is 3.20. The predicted molar refractivity (Wildman–Crippen MR) is 60.5 cm³/mol. The van der Waals surface area contributed by atoms with E-state index in [0.717, 1.165) is 16.4 Å². The first-order valence-electron chi connectivity index (χ1n) is 4.56. The van der Waals surface area contributed by atoms with Crippen LogP contribution in [0.25, 0.3) is 0 Å². The van der Waals surface area contributed by atoms with Crippen LogP contribution in [0.1, 0.15) is 13.8 Å². The van der Waals surface area contributed by atoms with Crippen LogP contribution in [-0.2, 0) is 0 Å². The average molecular weight is 212 g/mol. The maximum absolute atomic E-state index is 5.29. The summed E-state index contributed by atoms with van der Waals surface area (Å²) in [5.74, 6) is 1.71. The van der Waals surface area contributed by atoms with Gasteiger partial charge >= 0.3 is 0 Å². The fourth-order valence-corrected chi connectivity index (χ4v) is 2.04. The molecule has 1 rings (SSSR count). The van der Waals surface area contributed by atoms with Gasteiger partial charge in [0.15, 0.2) is 0 Å². The molecule has 0 heterocycles. The van der Waals surface area contributed by atoms with Gasteiger partial charge in [-0.3, -0.25) is 0 Å². The Kier molecular flexibility index (Phi) is 4.14. The second-order valence-electron chi connectivity index (χ2n) is 3.18. The van der Waals surface area contributed by atoms with Crippen molar-refractivity contribution in [1.29, 1.82) is 0 Å². The SMILES string of the molecule is COc1ccc(SC(C)C)c(OC)c1. The highest BCUT2D eigenvalue weighted by Crippen LogP contribution is 2.34. The molecule has 0 radical (unpaired) electrons. The summed E-state index contributed by atoms with van der Waals surface area (Å²) in [4.78, 5) is 1.16. The maximum atomic E-state index is 5.29. The molecule has 0 atom stereocenters. The van der Waals surface area contributed by atoms with Crippen LogP contribution in [0.2, 0.25) is 0 Å². The van der Waals surface area contributed by atoms with Crippen LogP contribution in [0.4, 0.5) is 0 Å². The highest BCUT2D eigenvalue weighted by molar-refractivity contribution is 8.00. The molecule has 2 nitrogen and oxygen atoms in total. The van der Waals surface area contributed by atoms with E-state index in [9.17, 15) is 0 Å². The normalized spacial score (nSPS) is 10.4. The summed E-state index contributed by atoms with van der Waals surface area (Å²) < 4.78 is 10.4. The van der Waals surface area contributed by atoms with E-state index in [4.69, 9.17) is 9.47 Å². The molecule has 0 aromatic heterocycles. The minimum atomic E-state index is 0.553. The molecular weight excluding hydrogens is 196 g/mol. The van der Waals surface area contributed by atoms with E-state index in [1.807, 2.05) is 18.2 Å². The van der Waals surface area contributed by atoms with Crippen LogP contribution in [0.3, 0.4) is 0 Å². The fourth-order valence-electron chi connectivity index (χ4n) is 1.13. The summed E-state index contributed by atoms with van der Waals surface area (Å²) in [6, 6.07) is 5.89. The van der Waals surface area contributed by atoms with Gasteiger partial charge in [-0.2, -0.15) is 0 Å². The fraction of sp³-hybridized carbons (Fsp3) is 0.455. The second-order valence-corrected chi connectivity index (χ2v) is 4.80. The highest BCUT2D eigenvalue weighted by Gasteiger charge is 2.06. The van der Waals surface area contributed by atoms with Gasteiger partial charge < -0.3 is 9.47 Å². The van der Waals surface area contributed by atoms with E-state index >= 15 is 0 Å². The smallest absolute Gasteiger partial charge is 0.136 e. The molecule has 0 bridgehead atoms. The molecule has 0 fully saturated rings. The molecule has 3 heteroatoms. The molecule has 0 amide bonds. The molecule has 1 aromatic rings. The quantitative estimate of drug-likeness (QED) is 0.714. The van der Waals surface area contributed by atoms with Gasteiger partial charge in [-0.25, -0.2) is 0 Å². The first kappa shape index (κ1) is 11.2. The third-order valence-corrected chi connectivity index (χ3v) is 2.80. The van der Waals surface area contributed by atoms with Crippen molar-refractivity contribution in [3.63, 3.8) is 0 Å². The molecule has 0 saturated carbocycles. The van der Waals surface area contributed by atoms with Crippen molar-refractivity contribution in [2.45, 2.75) is 24.0 Å². The Morgan fingerprint density at radius 1 is 1.14 bits per heavy atom. The molecule has 0 aliphatic heterocycles. The van der Waals surface area contributed by atoms with Gasteiger partial charge in [0.1, 0.15) is 11.5 Å². The zero-order chi connectivity index (χ0) is 10.6. The molecule has 78 valence electrons. The largest absolute Gasteiger partial charge is 0.497 e. The minimum Gasteiger partial charge on any atom is -0.497 e. The van der Waals surface area contributed by atoms with Gasteiger partial charge in [0.25, 0.3) is 0 Å². The average Bonchev–Trinajstić information content (AvgIpc) is 2.17. The van der Waals surface area contributed by atoms with Crippen LogP contribution in [0.5, 0.6) is 11.5 Å². The summed E-state index contributed by atoms with van der Waals surface area (Å²) in [5.41, 5.74) is 0. The summed E-state index contributed by atoms with van der Waals surface area (Å²) in [6.07, 6.45) is 0. The lowest BCUT2D eigenvalue weighted by Crippen LogP contribution is -1.92. The Balaban J connectivity index is 2.93. The first-order valence-corrected chi connectivity index (χ1v) is 5.44. The summed E-state index contributed by atoms with van der Waals surface area (Å²) in [5, 5.41) is 0.553. The monoisotopic (exact) mass is 212 g/mol. The van der Waals surface area contributed by atoms with Crippen molar-refractivity contribution in [2.24, 2.45) is 0 Å². The number of ether oxygens (including phenoxy) is 2. The van der Waals surface area contributed by atoms with E-state index in [-0.39, 0.29) is 0 Å². The summed E-state index contributed by atoms with van der Waals surface area (Å²) in [6.45, 7) is 4.32. The van der Waals surface area contributed by atoms with Gasteiger partial charge in [-0.15, -0.1) is 11.8 Å². The molecule has 0 aliphatic carbocycles. The number of benzene rings is 1. The number of hydrogen-bond donors (Lipinski definition) is 0. The van der Waals surface area contributed by atoms with Crippen LogP contribution in [0, 0.1) is 0 Å². The second kappa shape index (κ2) is 5.15. The summed E-state index contributed by atoms with van der Waals surface area (Å²) >= 11 is 1.79. The van der Waals surface area contributed by atoms with Gasteiger partial charge in [0.2, 0.25) is 0 Å². The van der Waals surface area contributed by atoms with E-state index in [0.29, 0.717) is 5.25 Å².